The maximum Gasteiger partial charge on any atom is 0.273 e. The molecule has 4 nitrogen and oxygen atoms in total. The molecule has 2 rings (SSSR count). The maximum atomic E-state index is 7.13. The molecule has 0 saturated carbocycles. The lowest BCUT2D eigenvalue weighted by Crippen LogP contribution is -1.92. The van der Waals surface area contributed by atoms with Crippen LogP contribution in [0.1, 0.15) is 25.3 Å². The Balaban J connectivity index is 2.50. The monoisotopic (exact) mass is 212 g/mol. The van der Waals surface area contributed by atoms with E-state index in [0.717, 1.165) is 5.56 Å². The topological polar surface area (TPSA) is 45.9 Å². The minimum atomic E-state index is 0.308. The van der Waals surface area contributed by atoms with Crippen LogP contribution in [-0.2, 0) is 0 Å². The molecule has 0 aliphatic heterocycles. The van der Waals surface area contributed by atoms with Gasteiger partial charge >= 0.3 is 0 Å². The summed E-state index contributed by atoms with van der Waals surface area (Å²) in [6.07, 6.45) is 3.41. The first-order valence-corrected chi connectivity index (χ1v) is 5.10. The van der Waals surface area contributed by atoms with Gasteiger partial charge in [-0.25, -0.2) is 4.98 Å². The van der Waals surface area contributed by atoms with Crippen LogP contribution in [0.3, 0.4) is 0 Å². The highest BCUT2D eigenvalue weighted by molar-refractivity contribution is 5.57. The van der Waals surface area contributed by atoms with Crippen molar-refractivity contribution in [1.82, 2.24) is 15.0 Å². The summed E-state index contributed by atoms with van der Waals surface area (Å²) in [5.74, 6) is 1.46. The zero-order valence-electron chi connectivity index (χ0n) is 9.23. The molecule has 2 aromatic rings. The Morgan fingerprint density at radius 3 is 2.75 bits per heavy atom. The van der Waals surface area contributed by atoms with Crippen LogP contribution in [-0.4, -0.2) is 15.0 Å². The zero-order valence-corrected chi connectivity index (χ0v) is 9.23. The van der Waals surface area contributed by atoms with Crippen molar-refractivity contribution >= 4 is 5.82 Å². The third kappa shape index (κ3) is 1.80. The van der Waals surface area contributed by atoms with Crippen LogP contribution in [0.4, 0.5) is 5.82 Å². The van der Waals surface area contributed by atoms with Gasteiger partial charge in [-0.1, -0.05) is 26.5 Å². The Labute approximate surface area is 94.2 Å². The van der Waals surface area contributed by atoms with Gasteiger partial charge in [0.1, 0.15) is 0 Å². The number of aromatic amines is 1. The molecule has 2 aromatic heterocycles. The Kier molecular flexibility index (Phi) is 2.69. The summed E-state index contributed by atoms with van der Waals surface area (Å²) >= 11 is 0. The van der Waals surface area contributed by atoms with E-state index in [4.69, 9.17) is 6.57 Å². The molecule has 0 saturated heterocycles. The average molecular weight is 212 g/mol. The Morgan fingerprint density at radius 1 is 1.38 bits per heavy atom. The molecular weight excluding hydrogens is 200 g/mol. The number of aromatic nitrogens is 3. The normalized spacial score (nSPS) is 10.4. The molecule has 4 heteroatoms. The number of nitrogens with one attached hydrogen (secondary N) is 1. The van der Waals surface area contributed by atoms with E-state index in [1.165, 1.54) is 0 Å². The van der Waals surface area contributed by atoms with Gasteiger partial charge in [0.25, 0.3) is 5.82 Å². The predicted octanol–water partition coefficient (Wildman–Crippen LogP) is 3.15. The van der Waals surface area contributed by atoms with Crippen molar-refractivity contribution in [1.29, 1.82) is 0 Å². The molecular formula is C12H12N4. The molecule has 80 valence electrons. The van der Waals surface area contributed by atoms with Gasteiger partial charge in [0, 0.05) is 12.4 Å². The minimum Gasteiger partial charge on any atom is -0.360 e. The second-order valence-corrected chi connectivity index (χ2v) is 3.81. The lowest BCUT2D eigenvalue weighted by molar-refractivity contribution is 0.864. The van der Waals surface area contributed by atoms with Crippen LogP contribution in [0.25, 0.3) is 16.4 Å². The van der Waals surface area contributed by atoms with Gasteiger partial charge in [0.15, 0.2) is 11.5 Å². The Bertz CT molecular complexity index is 520. The number of hydrogen-bond acceptors (Lipinski definition) is 2. The van der Waals surface area contributed by atoms with Crippen LogP contribution in [0.2, 0.25) is 0 Å². The van der Waals surface area contributed by atoms with Gasteiger partial charge in [-0.2, -0.15) is 0 Å². The SMILES string of the molecule is [C-]#[N+]c1nc(-c2ncc[nH]2)ccc1C(C)C. The van der Waals surface area contributed by atoms with Crippen molar-refractivity contribution in [3.63, 3.8) is 0 Å². The highest BCUT2D eigenvalue weighted by Gasteiger charge is 2.12. The summed E-state index contributed by atoms with van der Waals surface area (Å²) in [5, 5.41) is 0. The molecule has 0 aliphatic carbocycles. The zero-order chi connectivity index (χ0) is 11.5. The van der Waals surface area contributed by atoms with Gasteiger partial charge in [-0.15, -0.1) is 4.98 Å². The molecule has 0 bridgehead atoms. The smallest absolute Gasteiger partial charge is 0.273 e. The largest absolute Gasteiger partial charge is 0.360 e. The second kappa shape index (κ2) is 4.15. The Hall–Kier alpha value is -2.15. The van der Waals surface area contributed by atoms with Crippen molar-refractivity contribution in [2.24, 2.45) is 0 Å². The summed E-state index contributed by atoms with van der Waals surface area (Å²) in [6.45, 7) is 11.2. The molecule has 0 unspecified atom stereocenters. The molecule has 16 heavy (non-hydrogen) atoms. The molecule has 0 radical (unpaired) electrons. The van der Waals surface area contributed by atoms with Gasteiger partial charge in [0.2, 0.25) is 0 Å². The van der Waals surface area contributed by atoms with E-state index in [2.05, 4.69) is 33.6 Å². The summed E-state index contributed by atoms with van der Waals surface area (Å²) in [4.78, 5) is 14.9. The quantitative estimate of drug-likeness (QED) is 0.777. The minimum absolute atomic E-state index is 0.308. The van der Waals surface area contributed by atoms with E-state index < -0.39 is 0 Å². The van der Waals surface area contributed by atoms with Gasteiger partial charge < -0.3 is 9.83 Å². The average Bonchev–Trinajstić information content (AvgIpc) is 2.81. The fraction of sp³-hybridized carbons (Fsp3) is 0.250. The highest BCUT2D eigenvalue weighted by atomic mass is 15.0. The molecule has 0 fully saturated rings. The van der Waals surface area contributed by atoms with Gasteiger partial charge in [-0.05, 0) is 17.5 Å². The highest BCUT2D eigenvalue weighted by Crippen LogP contribution is 2.27. The number of imidazole rings is 1. The van der Waals surface area contributed by atoms with E-state index in [1.807, 2.05) is 12.1 Å². The van der Waals surface area contributed by atoms with Crippen LogP contribution in [0, 0.1) is 6.57 Å². The number of hydrogen-bond donors (Lipinski definition) is 1. The third-order valence-electron chi connectivity index (χ3n) is 2.37. The van der Waals surface area contributed by atoms with E-state index in [9.17, 15) is 0 Å². The van der Waals surface area contributed by atoms with Crippen molar-refractivity contribution in [2.75, 3.05) is 0 Å². The number of pyridine rings is 1. The van der Waals surface area contributed by atoms with Crippen LogP contribution >= 0.6 is 0 Å². The van der Waals surface area contributed by atoms with E-state index in [0.29, 0.717) is 23.3 Å². The van der Waals surface area contributed by atoms with E-state index in [-0.39, 0.29) is 0 Å². The fourth-order valence-electron chi connectivity index (χ4n) is 1.54. The van der Waals surface area contributed by atoms with Crippen LogP contribution in [0.5, 0.6) is 0 Å². The maximum absolute atomic E-state index is 7.13. The molecule has 0 aromatic carbocycles. The third-order valence-corrected chi connectivity index (χ3v) is 2.37. The standard InChI is InChI=1S/C12H12N4/c1-8(2)9-4-5-10(16-11(9)13-3)12-14-6-7-15-12/h4-8H,1-2H3,(H,14,15). The molecule has 1 N–H and O–H groups in total. The summed E-state index contributed by atoms with van der Waals surface area (Å²) in [7, 11) is 0. The van der Waals surface area contributed by atoms with Crippen molar-refractivity contribution in [3.8, 4) is 11.5 Å². The molecule has 0 spiro atoms. The lowest BCUT2D eigenvalue weighted by Gasteiger charge is -2.06. The van der Waals surface area contributed by atoms with Crippen molar-refractivity contribution in [3.05, 3.63) is 41.5 Å². The number of nitrogens with zero attached hydrogens (tertiary/aromatic N) is 3. The van der Waals surface area contributed by atoms with Gasteiger partial charge in [-0.3, -0.25) is 0 Å². The second-order valence-electron chi connectivity index (χ2n) is 3.81. The molecule has 0 aliphatic rings. The Morgan fingerprint density at radius 2 is 2.19 bits per heavy atom. The van der Waals surface area contributed by atoms with Crippen LogP contribution in [0.15, 0.2) is 24.5 Å². The van der Waals surface area contributed by atoms with Crippen LogP contribution < -0.4 is 0 Å². The predicted molar refractivity (Wildman–Crippen MR) is 62.2 cm³/mol. The van der Waals surface area contributed by atoms with Crippen molar-refractivity contribution < 1.29 is 0 Å². The summed E-state index contributed by atoms with van der Waals surface area (Å²) in [6, 6.07) is 3.84. The number of H-pyrrole nitrogens is 1. The summed E-state index contributed by atoms with van der Waals surface area (Å²) < 4.78 is 0. The summed E-state index contributed by atoms with van der Waals surface area (Å²) in [5.41, 5.74) is 1.69. The van der Waals surface area contributed by atoms with Crippen molar-refractivity contribution in [2.45, 2.75) is 19.8 Å². The first kappa shape index (κ1) is 10.4. The molecule has 0 atom stereocenters. The fourth-order valence-corrected chi connectivity index (χ4v) is 1.54. The first-order valence-electron chi connectivity index (χ1n) is 5.10. The van der Waals surface area contributed by atoms with Gasteiger partial charge in [0.05, 0.1) is 0 Å². The van der Waals surface area contributed by atoms with E-state index >= 15 is 0 Å². The molecule has 0 amide bonds. The lowest BCUT2D eigenvalue weighted by atomic mass is 10.0. The van der Waals surface area contributed by atoms with E-state index in [1.54, 1.807) is 12.4 Å². The molecule has 2 heterocycles. The number of rotatable bonds is 2. The first-order chi connectivity index (χ1) is 7.72.